The molecule has 0 radical (unpaired) electrons. The summed E-state index contributed by atoms with van der Waals surface area (Å²) in [5.74, 6) is 0.463. The van der Waals surface area contributed by atoms with Crippen LogP contribution in [0.15, 0.2) is 17.7 Å². The predicted molar refractivity (Wildman–Crippen MR) is 72.4 cm³/mol. The van der Waals surface area contributed by atoms with Crippen LogP contribution < -0.4 is 4.74 Å². The molecule has 4 heteroatoms. The molecule has 0 heterocycles. The van der Waals surface area contributed by atoms with E-state index in [9.17, 15) is 13.9 Å². The number of aliphatic hydroxyl groups excluding tert-OH is 1. The first-order valence-corrected chi connectivity index (χ1v) is 6.22. The number of alkyl halides is 2. The largest absolute Gasteiger partial charge is 0.434 e. The van der Waals surface area contributed by atoms with E-state index in [1.54, 1.807) is 26.0 Å². The summed E-state index contributed by atoms with van der Waals surface area (Å²) < 4.78 is 29.1. The lowest BCUT2D eigenvalue weighted by Crippen LogP contribution is -2.05. The number of ether oxygens (including phenoxy) is 1. The fraction of sp³-hybridized carbons (Fsp3) is 0.467. The Kier molecular flexibility index (Phi) is 5.48. The highest BCUT2D eigenvalue weighted by Crippen LogP contribution is 2.28. The molecule has 0 bridgehead atoms. The van der Waals surface area contributed by atoms with E-state index in [1.165, 1.54) is 0 Å². The molecule has 0 fully saturated rings. The third-order valence-corrected chi connectivity index (χ3v) is 2.97. The first kappa shape index (κ1) is 15.6. The summed E-state index contributed by atoms with van der Waals surface area (Å²) in [5, 5.41) is 9.28. The van der Waals surface area contributed by atoms with Crippen molar-refractivity contribution in [3.05, 3.63) is 34.4 Å². The molecule has 0 spiro atoms. The second kappa shape index (κ2) is 6.66. The van der Waals surface area contributed by atoms with Crippen LogP contribution >= 0.6 is 0 Å². The topological polar surface area (TPSA) is 29.5 Å². The molecule has 0 saturated heterocycles. The lowest BCUT2D eigenvalue weighted by Gasteiger charge is -2.13. The van der Waals surface area contributed by atoms with Crippen molar-refractivity contribution in [2.45, 2.75) is 34.3 Å². The maximum atomic E-state index is 12.3. The van der Waals surface area contributed by atoms with E-state index in [0.29, 0.717) is 11.1 Å². The predicted octanol–water partition coefficient (Wildman–Crippen LogP) is 3.94. The average molecular weight is 270 g/mol. The average Bonchev–Trinajstić information content (AvgIpc) is 2.30. The second-order valence-electron chi connectivity index (χ2n) is 4.89. The first-order chi connectivity index (χ1) is 8.85. The highest BCUT2D eigenvalue weighted by atomic mass is 19.3. The van der Waals surface area contributed by atoms with Crippen LogP contribution in [0.2, 0.25) is 0 Å². The fourth-order valence-corrected chi connectivity index (χ4v) is 1.95. The maximum absolute atomic E-state index is 12.3. The number of aliphatic hydroxyl groups is 1. The number of hydrogen-bond donors (Lipinski definition) is 1. The molecule has 0 aliphatic heterocycles. The summed E-state index contributed by atoms with van der Waals surface area (Å²) in [6, 6.07) is 3.56. The van der Waals surface area contributed by atoms with Gasteiger partial charge >= 0.3 is 6.61 Å². The van der Waals surface area contributed by atoms with Crippen LogP contribution in [-0.2, 0) is 0 Å². The zero-order valence-corrected chi connectivity index (χ0v) is 11.7. The van der Waals surface area contributed by atoms with E-state index in [2.05, 4.69) is 4.74 Å². The Labute approximate surface area is 112 Å². The quantitative estimate of drug-likeness (QED) is 0.878. The molecule has 0 saturated carbocycles. The van der Waals surface area contributed by atoms with E-state index in [1.807, 2.05) is 19.9 Å². The molecule has 0 aliphatic rings. The van der Waals surface area contributed by atoms with Crippen LogP contribution in [-0.4, -0.2) is 18.3 Å². The van der Waals surface area contributed by atoms with Gasteiger partial charge in [0.1, 0.15) is 5.75 Å². The van der Waals surface area contributed by atoms with Crippen LogP contribution in [0.25, 0.3) is 6.08 Å². The Hall–Kier alpha value is -1.42. The van der Waals surface area contributed by atoms with Crippen LogP contribution in [0.5, 0.6) is 5.75 Å². The number of hydrogen-bond acceptors (Lipinski definition) is 2. The number of aryl methyl sites for hydroxylation is 2. The van der Waals surface area contributed by atoms with Gasteiger partial charge in [-0.15, -0.1) is 0 Å². The minimum Gasteiger partial charge on any atom is -0.434 e. The highest BCUT2D eigenvalue weighted by Gasteiger charge is 2.11. The Morgan fingerprint density at radius 2 is 1.79 bits per heavy atom. The third-order valence-electron chi connectivity index (χ3n) is 2.97. The summed E-state index contributed by atoms with van der Waals surface area (Å²) in [4.78, 5) is 0. The SMILES string of the molecule is Cc1cc(C=C(CO)C(C)C)cc(C)c1OC(F)F. The second-order valence-corrected chi connectivity index (χ2v) is 4.89. The van der Waals surface area contributed by atoms with Crippen molar-refractivity contribution in [1.29, 1.82) is 0 Å². The van der Waals surface area contributed by atoms with Gasteiger partial charge in [-0.2, -0.15) is 8.78 Å². The van der Waals surface area contributed by atoms with E-state index in [4.69, 9.17) is 0 Å². The third kappa shape index (κ3) is 4.31. The van der Waals surface area contributed by atoms with Crippen molar-refractivity contribution in [3.63, 3.8) is 0 Å². The summed E-state index contributed by atoms with van der Waals surface area (Å²) in [7, 11) is 0. The van der Waals surface area contributed by atoms with Gasteiger partial charge in [0, 0.05) is 0 Å². The lowest BCUT2D eigenvalue weighted by atomic mass is 9.98. The minimum absolute atomic E-state index is 0.00888. The van der Waals surface area contributed by atoms with Gasteiger partial charge in [0.15, 0.2) is 0 Å². The summed E-state index contributed by atoms with van der Waals surface area (Å²) >= 11 is 0. The summed E-state index contributed by atoms with van der Waals surface area (Å²) in [6.07, 6.45) is 1.89. The van der Waals surface area contributed by atoms with Gasteiger partial charge in [0.2, 0.25) is 0 Å². The molecule has 1 N–H and O–H groups in total. The van der Waals surface area contributed by atoms with Gasteiger partial charge in [0.25, 0.3) is 0 Å². The Morgan fingerprint density at radius 3 is 2.16 bits per heavy atom. The van der Waals surface area contributed by atoms with Crippen LogP contribution in [0, 0.1) is 19.8 Å². The number of benzene rings is 1. The molecule has 0 aromatic heterocycles. The molecule has 0 amide bonds. The van der Waals surface area contributed by atoms with E-state index >= 15 is 0 Å². The smallest absolute Gasteiger partial charge is 0.387 e. The zero-order valence-electron chi connectivity index (χ0n) is 11.7. The molecule has 0 aliphatic carbocycles. The van der Waals surface area contributed by atoms with Crippen LogP contribution in [0.4, 0.5) is 8.78 Å². The Balaban J connectivity index is 3.14. The van der Waals surface area contributed by atoms with Gasteiger partial charge < -0.3 is 9.84 Å². The molecule has 19 heavy (non-hydrogen) atoms. The van der Waals surface area contributed by atoms with E-state index < -0.39 is 6.61 Å². The van der Waals surface area contributed by atoms with Crippen LogP contribution in [0.1, 0.15) is 30.5 Å². The highest BCUT2D eigenvalue weighted by molar-refractivity contribution is 5.58. The summed E-state index contributed by atoms with van der Waals surface area (Å²) in [6.45, 7) is 4.63. The molecule has 106 valence electrons. The van der Waals surface area contributed by atoms with Crippen molar-refractivity contribution in [3.8, 4) is 5.75 Å². The monoisotopic (exact) mass is 270 g/mol. The van der Waals surface area contributed by atoms with Crippen molar-refractivity contribution in [1.82, 2.24) is 0 Å². The molecular formula is C15H20F2O2. The van der Waals surface area contributed by atoms with Gasteiger partial charge in [-0.05, 0) is 54.2 Å². The fourth-order valence-electron chi connectivity index (χ4n) is 1.95. The molecule has 0 atom stereocenters. The van der Waals surface area contributed by atoms with Gasteiger partial charge in [-0.25, -0.2) is 0 Å². The molecular weight excluding hydrogens is 250 g/mol. The Bertz CT molecular complexity index is 442. The van der Waals surface area contributed by atoms with Gasteiger partial charge in [-0.3, -0.25) is 0 Å². The number of rotatable bonds is 5. The minimum atomic E-state index is -2.82. The van der Waals surface area contributed by atoms with Crippen molar-refractivity contribution < 1.29 is 18.6 Å². The molecule has 2 nitrogen and oxygen atoms in total. The van der Waals surface area contributed by atoms with Crippen LogP contribution in [0.3, 0.4) is 0 Å². The molecule has 1 rings (SSSR count). The van der Waals surface area contributed by atoms with E-state index in [0.717, 1.165) is 11.1 Å². The molecule has 0 unspecified atom stereocenters. The van der Waals surface area contributed by atoms with Gasteiger partial charge in [-0.1, -0.05) is 19.9 Å². The van der Waals surface area contributed by atoms with Crippen molar-refractivity contribution >= 4 is 6.08 Å². The molecule has 1 aromatic rings. The van der Waals surface area contributed by atoms with Gasteiger partial charge in [0.05, 0.1) is 6.61 Å². The van der Waals surface area contributed by atoms with Crippen molar-refractivity contribution in [2.75, 3.05) is 6.61 Å². The lowest BCUT2D eigenvalue weighted by molar-refractivity contribution is -0.0507. The Morgan fingerprint density at radius 1 is 1.26 bits per heavy atom. The summed E-state index contributed by atoms with van der Waals surface area (Å²) in [5.41, 5.74) is 3.11. The maximum Gasteiger partial charge on any atom is 0.387 e. The normalized spacial score (nSPS) is 12.4. The standard InChI is InChI=1S/C15H20F2O2/c1-9(2)13(8-18)7-12-5-10(3)14(11(4)6-12)19-15(16)17/h5-7,9,15,18H,8H2,1-4H3. The van der Waals surface area contributed by atoms with Crippen molar-refractivity contribution in [2.24, 2.45) is 5.92 Å². The van der Waals surface area contributed by atoms with E-state index in [-0.39, 0.29) is 18.3 Å². The zero-order chi connectivity index (χ0) is 14.6. The number of halogens is 2. The first-order valence-electron chi connectivity index (χ1n) is 6.22. The molecule has 1 aromatic carbocycles.